The van der Waals surface area contributed by atoms with Crippen molar-refractivity contribution in [1.29, 1.82) is 0 Å². The zero-order chi connectivity index (χ0) is 20.7. The molecule has 0 aliphatic rings. The van der Waals surface area contributed by atoms with Crippen molar-refractivity contribution < 1.29 is 9.18 Å². The average molecular weight is 416 g/mol. The summed E-state index contributed by atoms with van der Waals surface area (Å²) in [7, 11) is 0. The molecular formula is C23H17FN4OS. The highest BCUT2D eigenvalue weighted by atomic mass is 32.1. The number of hydrogen-bond donors (Lipinski definition) is 1. The lowest BCUT2D eigenvalue weighted by Gasteiger charge is -2.11. The van der Waals surface area contributed by atoms with E-state index in [-0.39, 0.29) is 11.7 Å². The minimum absolute atomic E-state index is 0.254. The number of nitrogens with one attached hydrogen (secondary N) is 1. The van der Waals surface area contributed by atoms with Gasteiger partial charge in [-0.05, 0) is 61.0 Å². The van der Waals surface area contributed by atoms with E-state index in [2.05, 4.69) is 15.3 Å². The van der Waals surface area contributed by atoms with Crippen LogP contribution in [0.3, 0.4) is 0 Å². The van der Waals surface area contributed by atoms with Crippen LogP contribution >= 0.6 is 11.3 Å². The number of amides is 1. The van der Waals surface area contributed by atoms with Crippen LogP contribution in [-0.4, -0.2) is 20.4 Å². The molecule has 0 spiro atoms. The number of carbonyl (C=O) groups is 1. The van der Waals surface area contributed by atoms with E-state index in [0.717, 1.165) is 26.3 Å². The molecule has 0 unspecified atom stereocenters. The standard InChI is InChI=1S/C23H17FN4OS/c1-14-26-19-11-17(7-8-22(19)30-14)27-23(29)21-12-18-20(6-3-9-25-18)28(21)13-15-4-2-5-16(24)10-15/h2-12H,13H2,1H3,(H,27,29). The molecule has 1 amide bonds. The summed E-state index contributed by atoms with van der Waals surface area (Å²) in [4.78, 5) is 22.0. The number of aryl methyl sites for hydroxylation is 1. The van der Waals surface area contributed by atoms with Gasteiger partial charge in [-0.2, -0.15) is 0 Å². The molecule has 0 atom stereocenters. The third-order valence-corrected chi connectivity index (χ3v) is 5.84. The molecule has 3 heterocycles. The van der Waals surface area contributed by atoms with Crippen LogP contribution in [0.15, 0.2) is 66.9 Å². The average Bonchev–Trinajstić information content (AvgIpc) is 3.27. The minimum Gasteiger partial charge on any atom is -0.331 e. The van der Waals surface area contributed by atoms with Gasteiger partial charge in [0.25, 0.3) is 5.91 Å². The van der Waals surface area contributed by atoms with Crippen LogP contribution in [-0.2, 0) is 6.54 Å². The largest absolute Gasteiger partial charge is 0.331 e. The topological polar surface area (TPSA) is 59.8 Å². The molecule has 0 aliphatic heterocycles. The van der Waals surface area contributed by atoms with Crippen molar-refractivity contribution in [2.75, 3.05) is 5.32 Å². The van der Waals surface area contributed by atoms with Gasteiger partial charge in [0.1, 0.15) is 11.5 Å². The first-order valence-electron chi connectivity index (χ1n) is 9.44. The molecule has 2 aromatic carbocycles. The number of carbonyl (C=O) groups excluding carboxylic acids is 1. The number of pyridine rings is 1. The summed E-state index contributed by atoms with van der Waals surface area (Å²) in [6, 6.07) is 17.6. The van der Waals surface area contributed by atoms with Crippen molar-refractivity contribution in [3.8, 4) is 0 Å². The number of rotatable bonds is 4. The monoisotopic (exact) mass is 416 g/mol. The lowest BCUT2D eigenvalue weighted by Crippen LogP contribution is -2.17. The van der Waals surface area contributed by atoms with Gasteiger partial charge in [-0.1, -0.05) is 12.1 Å². The number of anilines is 1. The molecule has 0 radical (unpaired) electrons. The smallest absolute Gasteiger partial charge is 0.272 e. The highest BCUT2D eigenvalue weighted by Gasteiger charge is 2.17. The molecule has 3 aromatic heterocycles. The summed E-state index contributed by atoms with van der Waals surface area (Å²) in [6.45, 7) is 2.32. The predicted octanol–water partition coefficient (Wildman–Crippen LogP) is 5.39. The summed E-state index contributed by atoms with van der Waals surface area (Å²) in [6.07, 6.45) is 1.69. The molecule has 0 saturated carbocycles. The lowest BCUT2D eigenvalue weighted by molar-refractivity contribution is 0.101. The molecule has 148 valence electrons. The van der Waals surface area contributed by atoms with Gasteiger partial charge in [-0.3, -0.25) is 9.78 Å². The molecule has 1 N–H and O–H groups in total. The summed E-state index contributed by atoms with van der Waals surface area (Å²) in [5.41, 5.74) is 4.29. The Hall–Kier alpha value is -3.58. The Morgan fingerprint density at radius 3 is 2.87 bits per heavy atom. The van der Waals surface area contributed by atoms with Gasteiger partial charge < -0.3 is 9.88 Å². The quantitative estimate of drug-likeness (QED) is 0.427. The number of benzene rings is 2. The number of thiazole rings is 1. The molecule has 5 aromatic rings. The van der Waals surface area contributed by atoms with Crippen LogP contribution in [0, 0.1) is 12.7 Å². The van der Waals surface area contributed by atoms with Crippen molar-refractivity contribution in [3.63, 3.8) is 0 Å². The number of hydrogen-bond acceptors (Lipinski definition) is 4. The van der Waals surface area contributed by atoms with Gasteiger partial charge in [-0.15, -0.1) is 11.3 Å². The summed E-state index contributed by atoms with van der Waals surface area (Å²) in [5.74, 6) is -0.560. The molecule has 30 heavy (non-hydrogen) atoms. The van der Waals surface area contributed by atoms with Gasteiger partial charge in [-0.25, -0.2) is 9.37 Å². The molecular weight excluding hydrogens is 399 g/mol. The maximum Gasteiger partial charge on any atom is 0.272 e. The number of aromatic nitrogens is 3. The number of halogens is 1. The first-order valence-corrected chi connectivity index (χ1v) is 10.3. The van der Waals surface area contributed by atoms with E-state index in [9.17, 15) is 9.18 Å². The maximum absolute atomic E-state index is 13.7. The van der Waals surface area contributed by atoms with E-state index >= 15 is 0 Å². The first kappa shape index (κ1) is 18.4. The minimum atomic E-state index is -0.306. The van der Waals surface area contributed by atoms with Crippen LogP contribution in [0.25, 0.3) is 21.3 Å². The van der Waals surface area contributed by atoms with Gasteiger partial charge in [0.2, 0.25) is 0 Å². The highest BCUT2D eigenvalue weighted by Crippen LogP contribution is 2.26. The van der Waals surface area contributed by atoms with Gasteiger partial charge in [0.05, 0.1) is 26.3 Å². The normalized spacial score (nSPS) is 11.3. The van der Waals surface area contributed by atoms with Crippen LogP contribution in [0.2, 0.25) is 0 Å². The fourth-order valence-electron chi connectivity index (χ4n) is 3.58. The Bertz CT molecular complexity index is 1410. The Balaban J connectivity index is 1.52. The SMILES string of the molecule is Cc1nc2cc(NC(=O)c3cc4ncccc4n3Cc3cccc(F)c3)ccc2s1. The maximum atomic E-state index is 13.7. The van der Waals surface area contributed by atoms with E-state index in [1.54, 1.807) is 29.7 Å². The van der Waals surface area contributed by atoms with E-state index in [0.29, 0.717) is 23.4 Å². The Morgan fingerprint density at radius 2 is 2.00 bits per heavy atom. The van der Waals surface area contributed by atoms with E-state index in [1.807, 2.05) is 47.9 Å². The third kappa shape index (κ3) is 3.44. The zero-order valence-corrected chi connectivity index (χ0v) is 16.9. The Kier molecular flexibility index (Phi) is 4.52. The van der Waals surface area contributed by atoms with Gasteiger partial charge in [0, 0.05) is 18.4 Å². The highest BCUT2D eigenvalue weighted by molar-refractivity contribution is 7.18. The number of fused-ring (bicyclic) bond motifs is 2. The van der Waals surface area contributed by atoms with Crippen LogP contribution in [0.5, 0.6) is 0 Å². The van der Waals surface area contributed by atoms with Crippen molar-refractivity contribution in [2.45, 2.75) is 13.5 Å². The molecule has 0 bridgehead atoms. The fourth-order valence-corrected chi connectivity index (χ4v) is 4.39. The van der Waals surface area contributed by atoms with E-state index in [4.69, 9.17) is 0 Å². The van der Waals surface area contributed by atoms with Crippen LogP contribution < -0.4 is 5.32 Å². The molecule has 0 aliphatic carbocycles. The summed E-state index contributed by atoms with van der Waals surface area (Å²) < 4.78 is 16.6. The van der Waals surface area contributed by atoms with E-state index in [1.165, 1.54) is 12.1 Å². The van der Waals surface area contributed by atoms with Gasteiger partial charge in [0.15, 0.2) is 0 Å². The molecule has 0 fully saturated rings. The molecule has 7 heteroatoms. The second-order valence-corrected chi connectivity index (χ2v) is 8.26. The van der Waals surface area contributed by atoms with Crippen molar-refractivity contribution in [2.24, 2.45) is 0 Å². The molecule has 0 saturated heterocycles. The van der Waals surface area contributed by atoms with Crippen LogP contribution in [0.4, 0.5) is 10.1 Å². The van der Waals surface area contributed by atoms with Crippen molar-refractivity contribution in [3.05, 3.63) is 88.9 Å². The third-order valence-electron chi connectivity index (χ3n) is 4.89. The number of nitrogens with zero attached hydrogens (tertiary/aromatic N) is 3. The zero-order valence-electron chi connectivity index (χ0n) is 16.1. The predicted molar refractivity (Wildman–Crippen MR) is 118 cm³/mol. The Morgan fingerprint density at radius 1 is 1.10 bits per heavy atom. The van der Waals surface area contributed by atoms with Crippen molar-refractivity contribution in [1.82, 2.24) is 14.5 Å². The van der Waals surface area contributed by atoms with Crippen molar-refractivity contribution >= 4 is 44.2 Å². The first-order chi connectivity index (χ1) is 14.6. The summed E-state index contributed by atoms with van der Waals surface area (Å²) >= 11 is 1.62. The van der Waals surface area contributed by atoms with E-state index < -0.39 is 0 Å². The Labute approximate surface area is 175 Å². The lowest BCUT2D eigenvalue weighted by atomic mass is 10.2. The second kappa shape index (κ2) is 7.35. The van der Waals surface area contributed by atoms with Crippen LogP contribution in [0.1, 0.15) is 21.1 Å². The molecule has 5 rings (SSSR count). The van der Waals surface area contributed by atoms with Gasteiger partial charge >= 0.3 is 0 Å². The summed E-state index contributed by atoms with van der Waals surface area (Å²) in [5, 5.41) is 3.94. The second-order valence-electron chi connectivity index (χ2n) is 7.02. The molecule has 5 nitrogen and oxygen atoms in total. The fraction of sp³-hybridized carbons (Fsp3) is 0.0870.